The SMILES string of the molecule is CN(C)C(=O)c1ccc(CNC(=O)c2nc(-c3ccc(F)cc3)n3c2CCCCC3)cc1. The van der Waals surface area contributed by atoms with Crippen molar-refractivity contribution in [1.29, 1.82) is 0 Å². The van der Waals surface area contributed by atoms with Gasteiger partial charge >= 0.3 is 0 Å². The number of benzene rings is 2. The van der Waals surface area contributed by atoms with Gasteiger partial charge in [0.1, 0.15) is 17.3 Å². The first kappa shape index (κ1) is 21.7. The standard InChI is InChI=1S/C25H27FN4O2/c1-29(2)25(32)19-9-7-17(8-10-19)16-27-24(31)22-21-6-4-3-5-15-30(21)23(28-22)18-11-13-20(26)14-12-18/h7-14H,3-6,15-16H2,1-2H3,(H,27,31). The smallest absolute Gasteiger partial charge is 0.272 e. The summed E-state index contributed by atoms with van der Waals surface area (Å²) in [5, 5.41) is 2.96. The number of halogens is 1. The molecule has 0 atom stereocenters. The van der Waals surface area contributed by atoms with Crippen molar-refractivity contribution >= 4 is 11.8 Å². The monoisotopic (exact) mass is 434 g/mol. The number of carbonyl (C=O) groups is 2. The molecule has 1 aliphatic heterocycles. The van der Waals surface area contributed by atoms with Gasteiger partial charge in [0.05, 0.1) is 5.69 Å². The molecular weight excluding hydrogens is 407 g/mol. The fourth-order valence-corrected chi connectivity index (χ4v) is 4.01. The minimum atomic E-state index is -0.298. The lowest BCUT2D eigenvalue weighted by Crippen LogP contribution is -2.25. The maximum Gasteiger partial charge on any atom is 0.272 e. The molecular formula is C25H27FN4O2. The Morgan fingerprint density at radius 3 is 2.44 bits per heavy atom. The number of nitrogens with one attached hydrogen (secondary N) is 1. The van der Waals surface area contributed by atoms with Crippen LogP contribution in [0.25, 0.3) is 11.4 Å². The maximum absolute atomic E-state index is 13.4. The zero-order valence-electron chi connectivity index (χ0n) is 18.4. The van der Waals surface area contributed by atoms with Gasteiger partial charge in [0.2, 0.25) is 0 Å². The van der Waals surface area contributed by atoms with Gasteiger partial charge in [-0.2, -0.15) is 0 Å². The number of hydrogen-bond acceptors (Lipinski definition) is 3. The van der Waals surface area contributed by atoms with E-state index in [-0.39, 0.29) is 17.6 Å². The number of hydrogen-bond donors (Lipinski definition) is 1. The fraction of sp³-hybridized carbons (Fsp3) is 0.320. The van der Waals surface area contributed by atoms with E-state index >= 15 is 0 Å². The van der Waals surface area contributed by atoms with Crippen LogP contribution in [0.5, 0.6) is 0 Å². The second kappa shape index (κ2) is 9.34. The van der Waals surface area contributed by atoms with E-state index < -0.39 is 0 Å². The molecule has 7 heteroatoms. The highest BCUT2D eigenvalue weighted by Gasteiger charge is 2.24. The third-order valence-corrected chi connectivity index (χ3v) is 5.75. The molecule has 4 rings (SSSR count). The Balaban J connectivity index is 1.54. The van der Waals surface area contributed by atoms with Crippen LogP contribution in [-0.2, 0) is 19.5 Å². The molecule has 1 aromatic heterocycles. The Labute approximate surface area is 187 Å². The molecule has 0 radical (unpaired) electrons. The quantitative estimate of drug-likeness (QED) is 0.659. The van der Waals surface area contributed by atoms with Gasteiger partial charge in [0, 0.05) is 38.3 Å². The highest BCUT2D eigenvalue weighted by molar-refractivity contribution is 5.95. The predicted octanol–water partition coefficient (Wildman–Crippen LogP) is 4.05. The summed E-state index contributed by atoms with van der Waals surface area (Å²) in [6, 6.07) is 13.4. The topological polar surface area (TPSA) is 67.2 Å². The summed E-state index contributed by atoms with van der Waals surface area (Å²) in [5.74, 6) is 0.123. The van der Waals surface area contributed by atoms with Crippen LogP contribution in [0.1, 0.15) is 51.4 Å². The lowest BCUT2D eigenvalue weighted by molar-refractivity contribution is 0.0827. The van der Waals surface area contributed by atoms with Crippen LogP contribution >= 0.6 is 0 Å². The van der Waals surface area contributed by atoms with Gasteiger partial charge < -0.3 is 14.8 Å². The summed E-state index contributed by atoms with van der Waals surface area (Å²) in [7, 11) is 3.43. The van der Waals surface area contributed by atoms with Gasteiger partial charge in [-0.15, -0.1) is 0 Å². The van der Waals surface area contributed by atoms with E-state index in [4.69, 9.17) is 0 Å². The van der Waals surface area contributed by atoms with Crippen LogP contribution in [-0.4, -0.2) is 40.4 Å². The Morgan fingerprint density at radius 2 is 1.75 bits per heavy atom. The van der Waals surface area contributed by atoms with Crippen LogP contribution < -0.4 is 5.32 Å². The van der Waals surface area contributed by atoms with Crippen LogP contribution in [0.15, 0.2) is 48.5 Å². The first-order valence-corrected chi connectivity index (χ1v) is 10.9. The average molecular weight is 435 g/mol. The van der Waals surface area contributed by atoms with Crippen molar-refractivity contribution in [3.63, 3.8) is 0 Å². The minimum absolute atomic E-state index is 0.0605. The Kier molecular flexibility index (Phi) is 6.35. The number of carbonyl (C=O) groups excluding carboxylic acids is 2. The van der Waals surface area contributed by atoms with Crippen molar-refractivity contribution in [2.24, 2.45) is 0 Å². The van der Waals surface area contributed by atoms with Crippen LogP contribution in [0.2, 0.25) is 0 Å². The van der Waals surface area contributed by atoms with Crippen molar-refractivity contribution in [3.8, 4) is 11.4 Å². The molecule has 2 heterocycles. The van der Waals surface area contributed by atoms with Gasteiger partial charge in [-0.25, -0.2) is 9.37 Å². The molecule has 0 aliphatic carbocycles. The molecule has 0 saturated carbocycles. The molecule has 166 valence electrons. The number of imidazole rings is 1. The Morgan fingerprint density at radius 1 is 1.03 bits per heavy atom. The number of rotatable bonds is 5. The second-order valence-corrected chi connectivity index (χ2v) is 8.28. The van der Waals surface area contributed by atoms with E-state index in [1.807, 2.05) is 12.1 Å². The summed E-state index contributed by atoms with van der Waals surface area (Å²) in [4.78, 5) is 31.3. The molecule has 3 aromatic rings. The Bertz CT molecular complexity index is 1120. The van der Waals surface area contributed by atoms with Crippen molar-refractivity contribution in [2.45, 2.75) is 38.8 Å². The van der Waals surface area contributed by atoms with Crippen molar-refractivity contribution in [1.82, 2.24) is 19.8 Å². The van der Waals surface area contributed by atoms with Gasteiger partial charge in [-0.1, -0.05) is 18.6 Å². The molecule has 0 unspecified atom stereocenters. The van der Waals surface area contributed by atoms with Gasteiger partial charge in [-0.05, 0) is 61.2 Å². The molecule has 1 aliphatic rings. The van der Waals surface area contributed by atoms with Crippen molar-refractivity contribution in [2.75, 3.05) is 14.1 Å². The lowest BCUT2D eigenvalue weighted by atomic mass is 10.1. The lowest BCUT2D eigenvalue weighted by Gasteiger charge is -2.11. The van der Waals surface area contributed by atoms with E-state index in [1.165, 1.54) is 17.0 Å². The summed E-state index contributed by atoms with van der Waals surface area (Å²) in [5.41, 5.74) is 3.68. The predicted molar refractivity (Wildman–Crippen MR) is 121 cm³/mol. The Hall–Kier alpha value is -3.48. The van der Waals surface area contributed by atoms with Crippen LogP contribution in [0.4, 0.5) is 4.39 Å². The van der Waals surface area contributed by atoms with Gasteiger partial charge in [-0.3, -0.25) is 9.59 Å². The van der Waals surface area contributed by atoms with Crippen molar-refractivity contribution < 1.29 is 14.0 Å². The number of amides is 2. The minimum Gasteiger partial charge on any atom is -0.347 e. The molecule has 0 bridgehead atoms. The highest BCUT2D eigenvalue weighted by atomic mass is 19.1. The molecule has 2 aromatic carbocycles. The van der Waals surface area contributed by atoms with Gasteiger partial charge in [0.25, 0.3) is 11.8 Å². The van der Waals surface area contributed by atoms with E-state index in [0.29, 0.717) is 23.6 Å². The average Bonchev–Trinajstić information content (AvgIpc) is 2.98. The highest BCUT2D eigenvalue weighted by Crippen LogP contribution is 2.27. The first-order chi connectivity index (χ1) is 15.4. The third-order valence-electron chi connectivity index (χ3n) is 5.75. The molecule has 0 spiro atoms. The summed E-state index contributed by atoms with van der Waals surface area (Å²) in [6.45, 7) is 1.14. The number of fused-ring (bicyclic) bond motifs is 1. The normalized spacial score (nSPS) is 13.2. The van der Waals surface area contributed by atoms with Crippen molar-refractivity contribution in [3.05, 3.63) is 76.9 Å². The largest absolute Gasteiger partial charge is 0.347 e. The molecule has 6 nitrogen and oxygen atoms in total. The molecule has 1 N–H and O–H groups in total. The zero-order chi connectivity index (χ0) is 22.7. The molecule has 2 amide bonds. The van der Waals surface area contributed by atoms with Crippen LogP contribution in [0.3, 0.4) is 0 Å². The van der Waals surface area contributed by atoms with E-state index in [2.05, 4.69) is 14.9 Å². The second-order valence-electron chi connectivity index (χ2n) is 8.28. The zero-order valence-corrected chi connectivity index (χ0v) is 18.4. The van der Waals surface area contributed by atoms with Crippen LogP contribution in [0, 0.1) is 5.82 Å². The van der Waals surface area contributed by atoms with E-state index in [0.717, 1.165) is 49.0 Å². The molecule has 32 heavy (non-hydrogen) atoms. The molecule has 0 fully saturated rings. The third kappa shape index (κ3) is 4.56. The van der Waals surface area contributed by atoms with E-state index in [9.17, 15) is 14.0 Å². The van der Waals surface area contributed by atoms with E-state index in [1.54, 1.807) is 38.4 Å². The summed E-state index contributed by atoms with van der Waals surface area (Å²) < 4.78 is 15.5. The first-order valence-electron chi connectivity index (χ1n) is 10.9. The fourth-order valence-electron chi connectivity index (χ4n) is 4.01. The number of nitrogens with zero attached hydrogens (tertiary/aromatic N) is 3. The number of aromatic nitrogens is 2. The summed E-state index contributed by atoms with van der Waals surface area (Å²) >= 11 is 0. The maximum atomic E-state index is 13.4. The molecule has 0 saturated heterocycles. The summed E-state index contributed by atoms with van der Waals surface area (Å²) in [6.07, 6.45) is 3.93. The van der Waals surface area contributed by atoms with Gasteiger partial charge in [0.15, 0.2) is 0 Å².